The fourth-order valence-corrected chi connectivity index (χ4v) is 6.00. The van der Waals surface area contributed by atoms with Crippen LogP contribution in [0.5, 0.6) is 11.5 Å². The Morgan fingerprint density at radius 1 is 1.12 bits per heavy atom. The lowest BCUT2D eigenvalue weighted by Crippen LogP contribution is -2.51. The van der Waals surface area contributed by atoms with Crippen molar-refractivity contribution in [1.82, 2.24) is 25.1 Å². The molecule has 0 bridgehead atoms. The lowest BCUT2D eigenvalue weighted by molar-refractivity contribution is -0.135. The normalized spacial score (nSPS) is 19.4. The SMILES string of the molecule is COC(=O)N[C@H](C(=O)N1C[C@H](OC(=O)N2Cc3ccc4c(c3C2)OCO4)C[C@H]1c1ncc(-c2ccc(Br)cc2)[nH]1)C(C)C. The first-order valence-electron chi connectivity index (χ1n) is 14.0. The van der Waals surface area contributed by atoms with Gasteiger partial charge in [-0.2, -0.15) is 0 Å². The predicted octanol–water partition coefficient (Wildman–Crippen LogP) is 4.74. The van der Waals surface area contributed by atoms with Crippen molar-refractivity contribution in [1.29, 1.82) is 0 Å². The van der Waals surface area contributed by atoms with Crippen LogP contribution >= 0.6 is 15.9 Å². The molecule has 1 saturated heterocycles. The van der Waals surface area contributed by atoms with E-state index in [0.717, 1.165) is 26.9 Å². The van der Waals surface area contributed by atoms with E-state index < -0.39 is 30.4 Å². The van der Waals surface area contributed by atoms with Gasteiger partial charge in [0, 0.05) is 23.0 Å². The number of benzene rings is 2. The van der Waals surface area contributed by atoms with Crippen molar-refractivity contribution >= 4 is 34.0 Å². The molecule has 4 heterocycles. The third kappa shape index (κ3) is 5.73. The quantitative estimate of drug-likeness (QED) is 0.389. The van der Waals surface area contributed by atoms with Crippen molar-refractivity contribution in [3.63, 3.8) is 0 Å². The van der Waals surface area contributed by atoms with Gasteiger partial charge in [-0.25, -0.2) is 14.6 Å². The van der Waals surface area contributed by atoms with E-state index in [1.54, 1.807) is 16.0 Å². The van der Waals surface area contributed by atoms with Crippen molar-refractivity contribution in [2.45, 2.75) is 51.5 Å². The van der Waals surface area contributed by atoms with Gasteiger partial charge in [0.25, 0.3) is 0 Å². The Hall–Kier alpha value is -4.26. The maximum atomic E-state index is 13.9. The summed E-state index contributed by atoms with van der Waals surface area (Å²) in [6, 6.07) is 10.2. The molecule has 3 aromatic rings. The Kier molecular flexibility index (Phi) is 7.91. The molecule has 43 heavy (non-hydrogen) atoms. The molecule has 3 aliphatic rings. The third-order valence-electron chi connectivity index (χ3n) is 7.98. The molecule has 3 atom stereocenters. The van der Waals surface area contributed by atoms with Gasteiger partial charge in [0.2, 0.25) is 12.7 Å². The zero-order valence-corrected chi connectivity index (χ0v) is 25.5. The number of alkyl carbamates (subject to hydrolysis) is 1. The molecule has 0 radical (unpaired) electrons. The monoisotopic (exact) mass is 653 g/mol. The summed E-state index contributed by atoms with van der Waals surface area (Å²) in [6.07, 6.45) is 0.281. The van der Waals surface area contributed by atoms with Crippen LogP contribution in [0.3, 0.4) is 0 Å². The predicted molar refractivity (Wildman–Crippen MR) is 157 cm³/mol. The van der Waals surface area contributed by atoms with E-state index in [-0.39, 0.29) is 25.2 Å². The molecule has 226 valence electrons. The van der Waals surface area contributed by atoms with Gasteiger partial charge < -0.3 is 34.1 Å². The number of halogens is 1. The Morgan fingerprint density at radius 3 is 2.65 bits per heavy atom. The second-order valence-corrected chi connectivity index (χ2v) is 12.0. The maximum absolute atomic E-state index is 13.9. The molecule has 0 saturated carbocycles. The highest BCUT2D eigenvalue weighted by molar-refractivity contribution is 9.10. The molecule has 2 aromatic carbocycles. The van der Waals surface area contributed by atoms with Crippen LogP contribution in [0.25, 0.3) is 11.3 Å². The summed E-state index contributed by atoms with van der Waals surface area (Å²) in [6.45, 7) is 4.71. The molecular weight excluding hydrogens is 622 g/mol. The van der Waals surface area contributed by atoms with Crippen LogP contribution in [0.1, 0.15) is 43.3 Å². The number of nitrogens with one attached hydrogen (secondary N) is 2. The number of fused-ring (bicyclic) bond motifs is 3. The highest BCUT2D eigenvalue weighted by atomic mass is 79.9. The second-order valence-electron chi connectivity index (χ2n) is 11.1. The summed E-state index contributed by atoms with van der Waals surface area (Å²) in [5.41, 5.74) is 3.62. The van der Waals surface area contributed by atoms with Gasteiger partial charge in [-0.3, -0.25) is 9.69 Å². The number of likely N-dealkylation sites (tertiary alicyclic amines) is 1. The molecule has 0 unspecified atom stereocenters. The highest BCUT2D eigenvalue weighted by Crippen LogP contribution is 2.42. The number of nitrogens with zero attached hydrogens (tertiary/aromatic N) is 3. The summed E-state index contributed by atoms with van der Waals surface area (Å²) in [7, 11) is 1.25. The van der Waals surface area contributed by atoms with E-state index in [0.29, 0.717) is 36.8 Å². The number of H-pyrrole nitrogens is 1. The molecule has 3 aliphatic heterocycles. The smallest absolute Gasteiger partial charge is 0.410 e. The van der Waals surface area contributed by atoms with Crippen LogP contribution in [-0.2, 0) is 27.4 Å². The van der Waals surface area contributed by atoms with Crippen molar-refractivity contribution in [2.75, 3.05) is 20.4 Å². The van der Waals surface area contributed by atoms with E-state index in [1.807, 2.05) is 50.2 Å². The summed E-state index contributed by atoms with van der Waals surface area (Å²) in [4.78, 5) is 50.6. The zero-order chi connectivity index (χ0) is 30.2. The fraction of sp³-hybridized carbons (Fsp3) is 0.400. The van der Waals surface area contributed by atoms with Gasteiger partial charge in [0.05, 0.1) is 38.1 Å². The van der Waals surface area contributed by atoms with Gasteiger partial charge in [-0.1, -0.05) is 48.0 Å². The molecule has 13 heteroatoms. The number of aromatic amines is 1. The Morgan fingerprint density at radius 2 is 1.91 bits per heavy atom. The van der Waals surface area contributed by atoms with Crippen molar-refractivity contribution in [3.8, 4) is 22.8 Å². The first kappa shape index (κ1) is 28.8. The number of rotatable bonds is 6. The summed E-state index contributed by atoms with van der Waals surface area (Å²) < 4.78 is 22.8. The molecule has 0 spiro atoms. The summed E-state index contributed by atoms with van der Waals surface area (Å²) in [5.74, 6) is 1.36. The van der Waals surface area contributed by atoms with Gasteiger partial charge >= 0.3 is 12.2 Å². The van der Waals surface area contributed by atoms with Crippen LogP contribution in [0.2, 0.25) is 0 Å². The van der Waals surface area contributed by atoms with Crippen LogP contribution in [0, 0.1) is 5.92 Å². The zero-order valence-electron chi connectivity index (χ0n) is 24.0. The number of ether oxygens (including phenoxy) is 4. The van der Waals surface area contributed by atoms with E-state index in [4.69, 9.17) is 18.9 Å². The number of carbonyl (C=O) groups excluding carboxylic acids is 3. The number of amides is 3. The summed E-state index contributed by atoms with van der Waals surface area (Å²) in [5, 5.41) is 2.66. The number of carbonyl (C=O) groups is 3. The number of hydrogen-bond donors (Lipinski definition) is 2. The van der Waals surface area contributed by atoms with Crippen molar-refractivity contribution in [3.05, 3.63) is 64.0 Å². The molecule has 3 amide bonds. The van der Waals surface area contributed by atoms with Gasteiger partial charge in [0.1, 0.15) is 18.0 Å². The van der Waals surface area contributed by atoms with Crippen LogP contribution in [0.4, 0.5) is 9.59 Å². The number of imidazole rings is 1. The van der Waals surface area contributed by atoms with Crippen LogP contribution in [0.15, 0.2) is 47.1 Å². The molecule has 0 aliphatic carbocycles. The molecule has 12 nitrogen and oxygen atoms in total. The van der Waals surface area contributed by atoms with Crippen molar-refractivity contribution < 1.29 is 33.3 Å². The fourth-order valence-electron chi connectivity index (χ4n) is 5.74. The molecule has 6 rings (SSSR count). The second kappa shape index (κ2) is 11.8. The maximum Gasteiger partial charge on any atom is 0.410 e. The Balaban J connectivity index is 1.22. The van der Waals surface area contributed by atoms with Crippen molar-refractivity contribution in [2.24, 2.45) is 5.92 Å². The van der Waals surface area contributed by atoms with Crippen LogP contribution < -0.4 is 14.8 Å². The molecular formula is C30H32BrN5O7. The summed E-state index contributed by atoms with van der Waals surface area (Å²) >= 11 is 3.45. The van der Waals surface area contributed by atoms with E-state index >= 15 is 0 Å². The van der Waals surface area contributed by atoms with E-state index in [1.165, 1.54) is 7.11 Å². The minimum Gasteiger partial charge on any atom is -0.454 e. The van der Waals surface area contributed by atoms with E-state index in [2.05, 4.69) is 31.2 Å². The average molecular weight is 655 g/mol. The lowest BCUT2D eigenvalue weighted by atomic mass is 10.0. The topological polar surface area (TPSA) is 135 Å². The lowest BCUT2D eigenvalue weighted by Gasteiger charge is -2.29. The molecule has 1 aromatic heterocycles. The Bertz CT molecular complexity index is 1540. The third-order valence-corrected chi connectivity index (χ3v) is 8.51. The number of aromatic nitrogens is 2. The van der Waals surface area contributed by atoms with Crippen LogP contribution in [-0.4, -0.2) is 70.5 Å². The highest BCUT2D eigenvalue weighted by Gasteiger charge is 2.44. The minimum atomic E-state index is -0.845. The Labute approximate surface area is 256 Å². The first-order chi connectivity index (χ1) is 20.7. The molecule has 2 N–H and O–H groups in total. The van der Waals surface area contributed by atoms with Gasteiger partial charge in [0.15, 0.2) is 11.5 Å². The minimum absolute atomic E-state index is 0.142. The van der Waals surface area contributed by atoms with Gasteiger partial charge in [-0.15, -0.1) is 0 Å². The van der Waals surface area contributed by atoms with Gasteiger partial charge in [-0.05, 0) is 35.2 Å². The number of hydrogen-bond acceptors (Lipinski definition) is 8. The number of methoxy groups -OCH3 is 1. The first-order valence-corrected chi connectivity index (χ1v) is 14.8. The van der Waals surface area contributed by atoms with E-state index in [9.17, 15) is 14.4 Å². The molecule has 1 fully saturated rings. The average Bonchev–Trinajstić information content (AvgIpc) is 3.80. The largest absolute Gasteiger partial charge is 0.454 e. The standard InChI is InChI=1S/C30H32BrN5O7/c1-16(2)25(34-29(38)40-3)28(37)36-13-20(10-23(36)27-32-11-22(33-27)17-4-7-19(31)8-5-17)43-30(39)35-12-18-6-9-24-26(21(18)14-35)42-15-41-24/h4-9,11,16,20,23,25H,10,12-15H2,1-3H3,(H,32,33)(H,34,38)/t20-,23+,25+/m1/s1.